The summed E-state index contributed by atoms with van der Waals surface area (Å²) in [7, 11) is 1.51. The molecule has 2 amide bonds. The van der Waals surface area contributed by atoms with E-state index in [9.17, 15) is 9.59 Å². The van der Waals surface area contributed by atoms with Gasteiger partial charge in [-0.1, -0.05) is 11.6 Å². The van der Waals surface area contributed by atoms with Crippen molar-refractivity contribution in [3.05, 3.63) is 47.0 Å². The van der Waals surface area contributed by atoms with E-state index in [1.165, 1.54) is 14.0 Å². The topological polar surface area (TPSA) is 76.7 Å². The first-order valence-corrected chi connectivity index (χ1v) is 8.05. The zero-order valence-electron chi connectivity index (χ0n) is 13.8. The summed E-state index contributed by atoms with van der Waals surface area (Å²) in [5, 5.41) is 6.07. The Kier molecular flexibility index (Phi) is 4.81. The zero-order chi connectivity index (χ0) is 18.0. The van der Waals surface area contributed by atoms with Crippen molar-refractivity contribution in [2.45, 2.75) is 19.4 Å². The summed E-state index contributed by atoms with van der Waals surface area (Å²) < 4.78 is 10.9. The highest BCUT2D eigenvalue weighted by atomic mass is 35.5. The fourth-order valence-corrected chi connectivity index (χ4v) is 2.86. The van der Waals surface area contributed by atoms with Crippen LogP contribution in [0, 0.1) is 0 Å². The summed E-state index contributed by atoms with van der Waals surface area (Å²) in [6.07, 6.45) is -0.210. The number of hydrogen-bond donors (Lipinski definition) is 2. The first kappa shape index (κ1) is 17.1. The molecule has 0 aromatic heterocycles. The van der Waals surface area contributed by atoms with Gasteiger partial charge in [0.25, 0.3) is 5.91 Å². The zero-order valence-corrected chi connectivity index (χ0v) is 14.5. The Hall–Kier alpha value is -2.73. The minimum Gasteiger partial charge on any atom is -0.495 e. The third-order valence-electron chi connectivity index (χ3n) is 3.77. The lowest BCUT2D eigenvalue weighted by molar-refractivity contribution is -0.122. The number of carbonyl (C=O) groups is 2. The molecule has 0 aliphatic carbocycles. The van der Waals surface area contributed by atoms with Crippen molar-refractivity contribution in [1.29, 1.82) is 0 Å². The van der Waals surface area contributed by atoms with Crippen LogP contribution in [0.2, 0.25) is 5.02 Å². The molecule has 1 atom stereocenters. The second-order valence-corrected chi connectivity index (χ2v) is 6.08. The molecular formula is C18H17ClN2O4. The van der Waals surface area contributed by atoms with Crippen molar-refractivity contribution in [2.24, 2.45) is 0 Å². The second-order valence-electron chi connectivity index (χ2n) is 5.65. The molecule has 2 aromatic carbocycles. The molecule has 0 fully saturated rings. The first-order valence-electron chi connectivity index (χ1n) is 7.68. The molecule has 0 saturated heterocycles. The van der Waals surface area contributed by atoms with Crippen LogP contribution in [0.5, 0.6) is 11.5 Å². The van der Waals surface area contributed by atoms with Gasteiger partial charge < -0.3 is 20.1 Å². The van der Waals surface area contributed by atoms with Crippen LogP contribution in [0.25, 0.3) is 0 Å². The minimum absolute atomic E-state index is 0.200. The van der Waals surface area contributed by atoms with Gasteiger partial charge in [-0.3, -0.25) is 9.59 Å². The highest BCUT2D eigenvalue weighted by Crippen LogP contribution is 2.33. The quantitative estimate of drug-likeness (QED) is 0.877. The Morgan fingerprint density at radius 2 is 2.00 bits per heavy atom. The Morgan fingerprint density at radius 3 is 2.72 bits per heavy atom. The van der Waals surface area contributed by atoms with Gasteiger partial charge in [-0.2, -0.15) is 0 Å². The van der Waals surface area contributed by atoms with Gasteiger partial charge in [0.05, 0.1) is 12.8 Å². The molecule has 0 bridgehead atoms. The first-order chi connectivity index (χ1) is 12.0. The number of amides is 2. The van der Waals surface area contributed by atoms with Crippen LogP contribution in [0.4, 0.5) is 11.4 Å². The van der Waals surface area contributed by atoms with Gasteiger partial charge in [-0.15, -0.1) is 0 Å². The minimum atomic E-state index is -0.650. The molecule has 25 heavy (non-hydrogen) atoms. The molecule has 6 nitrogen and oxygen atoms in total. The van der Waals surface area contributed by atoms with Gasteiger partial charge in [-0.05, 0) is 42.0 Å². The second kappa shape index (κ2) is 7.03. The van der Waals surface area contributed by atoms with E-state index < -0.39 is 6.10 Å². The number of carbonyl (C=O) groups excluding carboxylic acids is 2. The van der Waals surface area contributed by atoms with Gasteiger partial charge in [-0.25, -0.2) is 0 Å². The molecule has 0 spiro atoms. The molecule has 2 N–H and O–H groups in total. The van der Waals surface area contributed by atoms with Crippen molar-refractivity contribution in [3.8, 4) is 11.5 Å². The van der Waals surface area contributed by atoms with Gasteiger partial charge in [0.2, 0.25) is 5.91 Å². The monoisotopic (exact) mass is 360 g/mol. The summed E-state index contributed by atoms with van der Waals surface area (Å²) in [4.78, 5) is 23.8. The highest BCUT2D eigenvalue weighted by Gasteiger charge is 2.29. The number of benzene rings is 2. The lowest BCUT2D eigenvalue weighted by Gasteiger charge is -2.15. The highest BCUT2D eigenvalue weighted by molar-refractivity contribution is 6.30. The maximum absolute atomic E-state index is 12.6. The van der Waals surface area contributed by atoms with E-state index in [-0.39, 0.29) is 11.8 Å². The van der Waals surface area contributed by atoms with Crippen LogP contribution >= 0.6 is 11.6 Å². The van der Waals surface area contributed by atoms with Crippen LogP contribution in [0.3, 0.4) is 0 Å². The Bertz CT molecular complexity index is 838. The van der Waals surface area contributed by atoms with Gasteiger partial charge in [0, 0.05) is 24.1 Å². The number of ether oxygens (including phenoxy) is 2. The summed E-state index contributed by atoms with van der Waals surface area (Å²) in [5.74, 6) is 0.643. The van der Waals surface area contributed by atoms with Gasteiger partial charge >= 0.3 is 0 Å². The van der Waals surface area contributed by atoms with E-state index >= 15 is 0 Å². The van der Waals surface area contributed by atoms with E-state index in [0.29, 0.717) is 34.3 Å². The number of methoxy groups -OCH3 is 1. The molecule has 7 heteroatoms. The van der Waals surface area contributed by atoms with Crippen LogP contribution in [-0.2, 0) is 16.0 Å². The molecule has 130 valence electrons. The molecule has 1 aliphatic rings. The van der Waals surface area contributed by atoms with Crippen LogP contribution in [0.1, 0.15) is 12.5 Å². The Labute approximate surface area is 150 Å². The molecule has 1 unspecified atom stereocenters. The number of nitrogens with one attached hydrogen (secondary N) is 2. The normalized spacial score (nSPS) is 15.1. The third kappa shape index (κ3) is 3.85. The SMILES string of the molecule is COc1ccc(NC(C)=O)cc1NC(=O)C1Cc2cc(Cl)ccc2O1. The summed E-state index contributed by atoms with van der Waals surface area (Å²) >= 11 is 5.97. The number of halogens is 1. The maximum atomic E-state index is 12.6. The predicted octanol–water partition coefficient (Wildman–Crippen LogP) is 3.25. The molecular weight excluding hydrogens is 344 g/mol. The largest absolute Gasteiger partial charge is 0.495 e. The van der Waals surface area contributed by atoms with Gasteiger partial charge in [0.1, 0.15) is 11.5 Å². The standard InChI is InChI=1S/C18H17ClN2O4/c1-10(22)20-13-4-6-16(24-2)14(9-13)21-18(23)17-8-11-7-12(19)3-5-15(11)25-17/h3-7,9,17H,8H2,1-2H3,(H,20,22)(H,21,23). The molecule has 0 saturated carbocycles. The van der Waals surface area contributed by atoms with Crippen molar-refractivity contribution < 1.29 is 19.1 Å². The third-order valence-corrected chi connectivity index (χ3v) is 4.00. The van der Waals surface area contributed by atoms with Crippen molar-refractivity contribution in [3.63, 3.8) is 0 Å². The fourth-order valence-electron chi connectivity index (χ4n) is 2.66. The molecule has 2 aromatic rings. The smallest absolute Gasteiger partial charge is 0.265 e. The van der Waals surface area contributed by atoms with E-state index in [1.807, 2.05) is 0 Å². The molecule has 3 rings (SSSR count). The van der Waals surface area contributed by atoms with Crippen LogP contribution in [-0.4, -0.2) is 25.0 Å². The molecule has 1 heterocycles. The van der Waals surface area contributed by atoms with E-state index in [1.54, 1.807) is 36.4 Å². The molecule has 1 aliphatic heterocycles. The maximum Gasteiger partial charge on any atom is 0.265 e. The number of fused-ring (bicyclic) bond motifs is 1. The van der Waals surface area contributed by atoms with Crippen molar-refractivity contribution >= 4 is 34.8 Å². The van der Waals surface area contributed by atoms with E-state index in [2.05, 4.69) is 10.6 Å². The number of rotatable bonds is 4. The fraction of sp³-hybridized carbons (Fsp3) is 0.222. The number of hydrogen-bond acceptors (Lipinski definition) is 4. The lowest BCUT2D eigenvalue weighted by atomic mass is 10.1. The van der Waals surface area contributed by atoms with Crippen molar-refractivity contribution in [2.75, 3.05) is 17.7 Å². The Balaban J connectivity index is 1.76. The van der Waals surface area contributed by atoms with Crippen LogP contribution < -0.4 is 20.1 Å². The summed E-state index contributed by atoms with van der Waals surface area (Å²) in [6, 6.07) is 10.3. The predicted molar refractivity (Wildman–Crippen MR) is 95.5 cm³/mol. The average molecular weight is 361 g/mol. The summed E-state index contributed by atoms with van der Waals surface area (Å²) in [6.45, 7) is 1.41. The number of anilines is 2. The van der Waals surface area contributed by atoms with E-state index in [4.69, 9.17) is 21.1 Å². The van der Waals surface area contributed by atoms with E-state index in [0.717, 1.165) is 5.56 Å². The average Bonchev–Trinajstić information content (AvgIpc) is 2.98. The van der Waals surface area contributed by atoms with Crippen molar-refractivity contribution in [1.82, 2.24) is 0 Å². The Morgan fingerprint density at radius 1 is 1.20 bits per heavy atom. The molecule has 0 radical (unpaired) electrons. The van der Waals surface area contributed by atoms with Gasteiger partial charge in [0.15, 0.2) is 6.10 Å². The summed E-state index contributed by atoms with van der Waals surface area (Å²) in [5.41, 5.74) is 1.91. The lowest BCUT2D eigenvalue weighted by Crippen LogP contribution is -2.31. The van der Waals surface area contributed by atoms with Crippen LogP contribution in [0.15, 0.2) is 36.4 Å².